The van der Waals surface area contributed by atoms with Gasteiger partial charge in [0.1, 0.15) is 6.10 Å². The van der Waals surface area contributed by atoms with Crippen LogP contribution in [0.3, 0.4) is 0 Å². The summed E-state index contributed by atoms with van der Waals surface area (Å²) >= 11 is 0. The zero-order chi connectivity index (χ0) is 10.2. The van der Waals surface area contributed by atoms with Crippen molar-refractivity contribution in [3.05, 3.63) is 0 Å². The summed E-state index contributed by atoms with van der Waals surface area (Å²) in [4.78, 5) is 20.8. The summed E-state index contributed by atoms with van der Waals surface area (Å²) in [6, 6.07) is 0. The van der Waals surface area contributed by atoms with Gasteiger partial charge in [0.05, 0.1) is 0 Å². The van der Waals surface area contributed by atoms with E-state index in [-0.39, 0.29) is 5.48 Å². The third-order valence-corrected chi connectivity index (χ3v) is 1.72. The van der Waals surface area contributed by atoms with Crippen molar-refractivity contribution < 1.29 is 40.2 Å². The number of rotatable bonds is 2. The lowest BCUT2D eigenvalue weighted by Gasteiger charge is -2.15. The van der Waals surface area contributed by atoms with Gasteiger partial charge in [-0.1, -0.05) is 0 Å². The summed E-state index contributed by atoms with van der Waals surface area (Å²) in [5, 5.41) is 35.0. The molecule has 0 saturated carbocycles. The van der Waals surface area contributed by atoms with E-state index in [1.54, 1.807) is 0 Å². The molecule has 1 fully saturated rings. The van der Waals surface area contributed by atoms with E-state index in [9.17, 15) is 9.59 Å². The number of carboxylic acid groups (broad SMARTS) is 1. The Hall–Kier alpha value is -1.22. The molecule has 0 aromatic rings. The van der Waals surface area contributed by atoms with Gasteiger partial charge in [-0.2, -0.15) is 0 Å². The molecule has 8 nitrogen and oxygen atoms in total. The first kappa shape index (κ1) is 12.8. The molecule has 1 aliphatic rings. The number of carbonyl (C=O) groups is 2. The second kappa shape index (κ2) is 4.33. The monoisotopic (exact) mass is 210 g/mol. The van der Waals surface area contributed by atoms with Gasteiger partial charge in [0.25, 0.3) is 0 Å². The lowest BCUT2D eigenvalue weighted by molar-refractivity contribution is -0.161. The Kier molecular flexibility index (Phi) is 3.95. The smallest absolute Gasteiger partial charge is 0.338 e. The van der Waals surface area contributed by atoms with Crippen LogP contribution in [0.25, 0.3) is 0 Å². The van der Waals surface area contributed by atoms with Crippen molar-refractivity contribution in [2.45, 2.75) is 24.4 Å². The fourth-order valence-corrected chi connectivity index (χ4v) is 0.984. The van der Waals surface area contributed by atoms with Crippen LogP contribution in [0.2, 0.25) is 0 Å². The molecule has 1 rings (SSSR count). The highest BCUT2D eigenvalue weighted by Crippen LogP contribution is 2.18. The molecular weight excluding hydrogens is 200 g/mol. The van der Waals surface area contributed by atoms with Gasteiger partial charge in [-0.05, 0) is 0 Å². The first-order valence-electron chi connectivity index (χ1n) is 3.42. The second-order valence-corrected chi connectivity index (χ2v) is 2.62. The molecule has 4 atom stereocenters. The summed E-state index contributed by atoms with van der Waals surface area (Å²) in [6.45, 7) is 0. The number of aliphatic carboxylic acids is 1. The SMILES string of the molecule is O.O=C(O)[C@@H](O)[C@H]1OC(=O)[C@H](O)C1O. The topological polar surface area (TPSA) is 156 Å². The van der Waals surface area contributed by atoms with Crippen molar-refractivity contribution in [1.29, 1.82) is 0 Å². The van der Waals surface area contributed by atoms with E-state index < -0.39 is 36.4 Å². The van der Waals surface area contributed by atoms with E-state index in [1.807, 2.05) is 0 Å². The van der Waals surface area contributed by atoms with Gasteiger partial charge >= 0.3 is 11.9 Å². The number of esters is 1. The molecule has 8 heteroatoms. The average molecular weight is 210 g/mol. The number of aliphatic hydroxyl groups excluding tert-OH is 3. The zero-order valence-electron chi connectivity index (χ0n) is 6.82. The maximum absolute atomic E-state index is 10.6. The molecule has 0 radical (unpaired) electrons. The predicted molar refractivity (Wildman–Crippen MR) is 39.2 cm³/mol. The summed E-state index contributed by atoms with van der Waals surface area (Å²) in [6.07, 6.45) is -7.14. The Morgan fingerprint density at radius 3 is 2.21 bits per heavy atom. The molecule has 0 aromatic carbocycles. The highest BCUT2D eigenvalue weighted by Gasteiger charge is 2.48. The quantitative estimate of drug-likeness (QED) is 0.341. The van der Waals surface area contributed by atoms with Gasteiger partial charge in [0.2, 0.25) is 0 Å². The number of carbonyl (C=O) groups excluding carboxylic acids is 1. The summed E-state index contributed by atoms with van der Waals surface area (Å²) in [7, 11) is 0. The van der Waals surface area contributed by atoms with Gasteiger partial charge in [-0.15, -0.1) is 0 Å². The highest BCUT2D eigenvalue weighted by atomic mass is 16.6. The first-order chi connectivity index (χ1) is 5.95. The van der Waals surface area contributed by atoms with Crippen molar-refractivity contribution in [2.24, 2.45) is 0 Å². The van der Waals surface area contributed by atoms with Gasteiger partial charge < -0.3 is 30.6 Å². The van der Waals surface area contributed by atoms with Gasteiger partial charge in [-0.25, -0.2) is 9.59 Å². The number of aliphatic hydroxyl groups is 3. The number of hydrogen-bond acceptors (Lipinski definition) is 6. The summed E-state index contributed by atoms with van der Waals surface area (Å²) < 4.78 is 4.24. The van der Waals surface area contributed by atoms with Crippen molar-refractivity contribution in [1.82, 2.24) is 0 Å². The molecule has 6 N–H and O–H groups in total. The van der Waals surface area contributed by atoms with E-state index in [2.05, 4.69) is 4.74 Å². The van der Waals surface area contributed by atoms with Crippen molar-refractivity contribution in [3.8, 4) is 0 Å². The minimum Gasteiger partial charge on any atom is -0.479 e. The van der Waals surface area contributed by atoms with Crippen molar-refractivity contribution >= 4 is 11.9 Å². The third-order valence-electron chi connectivity index (χ3n) is 1.72. The van der Waals surface area contributed by atoms with Crippen LogP contribution < -0.4 is 0 Å². The van der Waals surface area contributed by atoms with E-state index in [1.165, 1.54) is 0 Å². The first-order valence-corrected chi connectivity index (χ1v) is 3.42. The zero-order valence-corrected chi connectivity index (χ0v) is 6.82. The molecular formula is C6H10O8. The molecule has 0 bridgehead atoms. The normalized spacial score (nSPS) is 33.1. The number of cyclic esters (lactones) is 1. The molecule has 1 heterocycles. The van der Waals surface area contributed by atoms with E-state index in [4.69, 9.17) is 20.4 Å². The Labute approximate surface area is 77.7 Å². The number of hydrogen-bond donors (Lipinski definition) is 4. The Morgan fingerprint density at radius 2 is 1.93 bits per heavy atom. The van der Waals surface area contributed by atoms with Gasteiger partial charge in [0.15, 0.2) is 18.3 Å². The second-order valence-electron chi connectivity index (χ2n) is 2.62. The van der Waals surface area contributed by atoms with Crippen LogP contribution in [0.5, 0.6) is 0 Å². The average Bonchev–Trinajstić information content (AvgIpc) is 2.31. The molecule has 0 aliphatic carbocycles. The molecule has 0 amide bonds. The predicted octanol–water partition coefficient (Wildman–Crippen LogP) is -3.75. The fourth-order valence-electron chi connectivity index (χ4n) is 0.984. The Bertz CT molecular complexity index is 238. The van der Waals surface area contributed by atoms with Crippen LogP contribution in [0.4, 0.5) is 0 Å². The standard InChI is InChI=1S/C6H8O7.H2O/c7-1-2(8)6(12)13-4(1)3(9)5(10)11;/h1-4,7-9H,(H,10,11);1H2/t1?,2-,3+,4+;/m1./s1. The maximum Gasteiger partial charge on any atom is 0.338 e. The van der Waals surface area contributed by atoms with Crippen molar-refractivity contribution in [3.63, 3.8) is 0 Å². The van der Waals surface area contributed by atoms with Crippen LogP contribution in [0.1, 0.15) is 0 Å². The summed E-state index contributed by atoms with van der Waals surface area (Å²) in [5.74, 6) is -2.77. The molecule has 0 aromatic heterocycles. The van der Waals surface area contributed by atoms with E-state index >= 15 is 0 Å². The highest BCUT2D eigenvalue weighted by molar-refractivity contribution is 5.80. The lowest BCUT2D eigenvalue weighted by Crippen LogP contribution is -2.42. The maximum atomic E-state index is 10.6. The van der Waals surface area contributed by atoms with Gasteiger partial charge in [0, 0.05) is 0 Å². The molecule has 82 valence electrons. The van der Waals surface area contributed by atoms with Crippen LogP contribution in [-0.4, -0.2) is 62.3 Å². The molecule has 1 aliphatic heterocycles. The minimum absolute atomic E-state index is 0. The fraction of sp³-hybridized carbons (Fsp3) is 0.667. The van der Waals surface area contributed by atoms with Crippen molar-refractivity contribution in [2.75, 3.05) is 0 Å². The van der Waals surface area contributed by atoms with Crippen LogP contribution in [0, 0.1) is 0 Å². The van der Waals surface area contributed by atoms with Crippen LogP contribution >= 0.6 is 0 Å². The molecule has 0 spiro atoms. The third kappa shape index (κ3) is 1.99. The number of ether oxygens (including phenoxy) is 1. The number of carboxylic acids is 1. The minimum atomic E-state index is -2.03. The molecule has 14 heavy (non-hydrogen) atoms. The Morgan fingerprint density at radius 1 is 1.43 bits per heavy atom. The van der Waals surface area contributed by atoms with E-state index in [0.29, 0.717) is 0 Å². The van der Waals surface area contributed by atoms with Gasteiger partial charge in [-0.3, -0.25) is 0 Å². The summed E-state index contributed by atoms with van der Waals surface area (Å²) in [5.41, 5.74) is 0. The van der Waals surface area contributed by atoms with E-state index in [0.717, 1.165) is 0 Å². The van der Waals surface area contributed by atoms with Crippen LogP contribution in [0.15, 0.2) is 0 Å². The molecule has 1 saturated heterocycles. The molecule has 1 unspecified atom stereocenters. The lowest BCUT2D eigenvalue weighted by atomic mass is 10.1. The Balaban J connectivity index is 0.00000169. The largest absolute Gasteiger partial charge is 0.479 e. The van der Waals surface area contributed by atoms with Crippen LogP contribution in [-0.2, 0) is 14.3 Å².